The Morgan fingerprint density at radius 2 is 1.95 bits per heavy atom. The number of hydrogen-bond acceptors (Lipinski definition) is 3. The fourth-order valence-electron chi connectivity index (χ4n) is 1.73. The highest BCUT2D eigenvalue weighted by Crippen LogP contribution is 2.34. The molecule has 1 aromatic heterocycles. The van der Waals surface area contributed by atoms with Gasteiger partial charge in [-0.3, -0.25) is 4.68 Å². The Hall–Kier alpha value is -1.43. The van der Waals surface area contributed by atoms with E-state index in [1.54, 1.807) is 19.2 Å². The van der Waals surface area contributed by atoms with Crippen LogP contribution in [0.1, 0.15) is 16.1 Å². The van der Waals surface area contributed by atoms with E-state index in [0.717, 1.165) is 0 Å². The summed E-state index contributed by atoms with van der Waals surface area (Å²) in [6.07, 6.45) is 1.30. The minimum Gasteiger partial charge on any atom is -0.478 e. The van der Waals surface area contributed by atoms with Gasteiger partial charge in [-0.25, -0.2) is 4.79 Å². The molecule has 0 saturated heterocycles. The lowest BCUT2D eigenvalue weighted by atomic mass is 10.2. The summed E-state index contributed by atoms with van der Waals surface area (Å²) in [6, 6.07) is 3.11. The standard InChI is InChI=1S/C12H10Cl3N3O2/c1-18-10(7(4-17-18)12(19)20)5-16-11-8(14)2-6(13)3-9(11)15/h2-4,16H,5H2,1H3,(H,19,20). The first-order valence-electron chi connectivity index (χ1n) is 5.52. The number of anilines is 1. The average Bonchev–Trinajstić information content (AvgIpc) is 2.69. The average molecular weight is 335 g/mol. The van der Waals surface area contributed by atoms with Gasteiger partial charge in [0.1, 0.15) is 5.56 Å². The molecule has 0 spiro atoms. The summed E-state index contributed by atoms with van der Waals surface area (Å²) in [7, 11) is 1.66. The number of carboxylic acid groups (broad SMARTS) is 1. The Kier molecular flexibility index (Phi) is 4.42. The lowest BCUT2D eigenvalue weighted by molar-refractivity contribution is 0.0695. The maximum absolute atomic E-state index is 11.1. The van der Waals surface area contributed by atoms with Gasteiger partial charge in [0.25, 0.3) is 0 Å². The molecule has 2 N–H and O–H groups in total. The highest BCUT2D eigenvalue weighted by molar-refractivity contribution is 6.41. The van der Waals surface area contributed by atoms with Crippen molar-refractivity contribution in [2.24, 2.45) is 7.05 Å². The van der Waals surface area contributed by atoms with Crippen molar-refractivity contribution < 1.29 is 9.90 Å². The van der Waals surface area contributed by atoms with Crippen LogP contribution in [0.5, 0.6) is 0 Å². The highest BCUT2D eigenvalue weighted by Gasteiger charge is 2.16. The number of carbonyl (C=O) groups is 1. The van der Waals surface area contributed by atoms with Gasteiger partial charge in [0.2, 0.25) is 0 Å². The van der Waals surface area contributed by atoms with Crippen molar-refractivity contribution in [3.63, 3.8) is 0 Å². The van der Waals surface area contributed by atoms with Crippen molar-refractivity contribution in [2.45, 2.75) is 6.54 Å². The topological polar surface area (TPSA) is 67.2 Å². The number of nitrogens with one attached hydrogen (secondary N) is 1. The number of halogens is 3. The van der Waals surface area contributed by atoms with Crippen LogP contribution in [0.4, 0.5) is 5.69 Å². The molecule has 8 heteroatoms. The molecule has 0 aliphatic rings. The molecule has 106 valence electrons. The van der Waals surface area contributed by atoms with Gasteiger partial charge >= 0.3 is 5.97 Å². The molecule has 0 atom stereocenters. The van der Waals surface area contributed by atoms with E-state index in [-0.39, 0.29) is 12.1 Å². The van der Waals surface area contributed by atoms with Gasteiger partial charge in [0.15, 0.2) is 0 Å². The normalized spacial score (nSPS) is 10.6. The second kappa shape index (κ2) is 5.91. The van der Waals surface area contributed by atoms with Gasteiger partial charge in [0, 0.05) is 12.1 Å². The van der Waals surface area contributed by atoms with Crippen molar-refractivity contribution >= 4 is 46.5 Å². The first kappa shape index (κ1) is 15.0. The summed E-state index contributed by atoms with van der Waals surface area (Å²) < 4.78 is 1.48. The van der Waals surface area contributed by atoms with Gasteiger partial charge in [0.05, 0.1) is 34.2 Å². The second-order valence-electron chi connectivity index (χ2n) is 4.03. The molecule has 0 unspecified atom stereocenters. The van der Waals surface area contributed by atoms with E-state index in [1.807, 2.05) is 0 Å². The number of nitrogens with zero attached hydrogens (tertiary/aromatic N) is 2. The van der Waals surface area contributed by atoms with E-state index in [1.165, 1.54) is 10.9 Å². The quantitative estimate of drug-likeness (QED) is 0.895. The van der Waals surface area contributed by atoms with Crippen LogP contribution in [0.15, 0.2) is 18.3 Å². The molecule has 0 radical (unpaired) electrons. The lowest BCUT2D eigenvalue weighted by Crippen LogP contribution is -2.10. The molecule has 2 rings (SSSR count). The van der Waals surface area contributed by atoms with Gasteiger partial charge in [-0.15, -0.1) is 0 Å². The summed E-state index contributed by atoms with van der Waals surface area (Å²) in [5.74, 6) is -1.04. The molecule has 1 aromatic carbocycles. The first-order chi connectivity index (χ1) is 9.40. The van der Waals surface area contributed by atoms with Crippen LogP contribution in [0.2, 0.25) is 15.1 Å². The van der Waals surface area contributed by atoms with E-state index in [9.17, 15) is 4.79 Å². The molecule has 20 heavy (non-hydrogen) atoms. The van der Waals surface area contributed by atoms with Crippen LogP contribution in [0.3, 0.4) is 0 Å². The number of aromatic carboxylic acids is 1. The Morgan fingerprint density at radius 1 is 1.35 bits per heavy atom. The summed E-state index contributed by atoms with van der Waals surface area (Å²) in [4.78, 5) is 11.1. The van der Waals surface area contributed by atoms with Crippen LogP contribution in [-0.4, -0.2) is 20.9 Å². The first-order valence-corrected chi connectivity index (χ1v) is 6.66. The van der Waals surface area contributed by atoms with E-state index in [4.69, 9.17) is 39.9 Å². The molecule has 0 amide bonds. The molecule has 0 bridgehead atoms. The molecular formula is C12H10Cl3N3O2. The molecule has 2 aromatic rings. The van der Waals surface area contributed by atoms with E-state index < -0.39 is 5.97 Å². The Balaban J connectivity index is 2.26. The molecule has 0 fully saturated rings. The summed E-state index contributed by atoms with van der Waals surface area (Å²) in [6.45, 7) is 0.221. The molecule has 5 nitrogen and oxygen atoms in total. The van der Waals surface area contributed by atoms with Gasteiger partial charge < -0.3 is 10.4 Å². The highest BCUT2D eigenvalue weighted by atomic mass is 35.5. The molecule has 0 saturated carbocycles. The zero-order chi connectivity index (χ0) is 14.9. The van der Waals surface area contributed by atoms with Crippen LogP contribution in [0.25, 0.3) is 0 Å². The summed E-state index contributed by atoms with van der Waals surface area (Å²) >= 11 is 17.9. The lowest BCUT2D eigenvalue weighted by Gasteiger charge is -2.11. The van der Waals surface area contributed by atoms with Crippen molar-refractivity contribution in [1.82, 2.24) is 9.78 Å². The molecule has 1 heterocycles. The van der Waals surface area contributed by atoms with Crippen LogP contribution >= 0.6 is 34.8 Å². The monoisotopic (exact) mass is 333 g/mol. The predicted octanol–water partition coefficient (Wildman–Crippen LogP) is 3.69. The van der Waals surface area contributed by atoms with E-state index >= 15 is 0 Å². The number of rotatable bonds is 4. The predicted molar refractivity (Wildman–Crippen MR) is 79.0 cm³/mol. The van der Waals surface area contributed by atoms with Gasteiger partial charge in [-0.1, -0.05) is 34.8 Å². The largest absolute Gasteiger partial charge is 0.478 e. The molecule has 0 aliphatic carbocycles. The van der Waals surface area contributed by atoms with Crippen molar-refractivity contribution in [3.8, 4) is 0 Å². The third-order valence-electron chi connectivity index (χ3n) is 2.73. The zero-order valence-electron chi connectivity index (χ0n) is 10.3. The number of aryl methyl sites for hydroxylation is 1. The fourth-order valence-corrected chi connectivity index (χ4v) is 2.68. The Bertz CT molecular complexity index is 647. The van der Waals surface area contributed by atoms with Crippen molar-refractivity contribution in [2.75, 3.05) is 5.32 Å². The van der Waals surface area contributed by atoms with Gasteiger partial charge in [-0.05, 0) is 12.1 Å². The maximum Gasteiger partial charge on any atom is 0.339 e. The third kappa shape index (κ3) is 3.00. The Morgan fingerprint density at radius 3 is 2.50 bits per heavy atom. The number of hydrogen-bond donors (Lipinski definition) is 2. The second-order valence-corrected chi connectivity index (χ2v) is 5.28. The molecular weight excluding hydrogens is 325 g/mol. The number of carboxylic acids is 1. The van der Waals surface area contributed by atoms with Crippen LogP contribution < -0.4 is 5.32 Å². The number of benzene rings is 1. The minimum atomic E-state index is -1.04. The minimum absolute atomic E-state index is 0.126. The van der Waals surface area contributed by atoms with Crippen LogP contribution in [0, 0.1) is 0 Å². The van der Waals surface area contributed by atoms with Crippen molar-refractivity contribution in [1.29, 1.82) is 0 Å². The smallest absolute Gasteiger partial charge is 0.339 e. The third-order valence-corrected chi connectivity index (χ3v) is 3.55. The van der Waals surface area contributed by atoms with Gasteiger partial charge in [-0.2, -0.15) is 5.10 Å². The maximum atomic E-state index is 11.1. The van der Waals surface area contributed by atoms with Crippen molar-refractivity contribution in [3.05, 3.63) is 44.7 Å². The number of aromatic nitrogens is 2. The summed E-state index contributed by atoms with van der Waals surface area (Å²) in [5, 5.41) is 17.1. The van der Waals surface area contributed by atoms with E-state index in [0.29, 0.717) is 26.4 Å². The fraction of sp³-hybridized carbons (Fsp3) is 0.167. The summed E-state index contributed by atoms with van der Waals surface area (Å²) in [5.41, 5.74) is 1.14. The SMILES string of the molecule is Cn1ncc(C(=O)O)c1CNc1c(Cl)cc(Cl)cc1Cl. The van der Waals surface area contributed by atoms with E-state index in [2.05, 4.69) is 10.4 Å². The van der Waals surface area contributed by atoms with Crippen LogP contribution in [-0.2, 0) is 13.6 Å². The Labute approximate surface area is 130 Å². The molecule has 0 aliphatic heterocycles. The zero-order valence-corrected chi connectivity index (χ0v) is 12.6.